The van der Waals surface area contributed by atoms with Crippen LogP contribution in [0.3, 0.4) is 0 Å². The molecule has 0 aliphatic heterocycles. The molecule has 0 spiro atoms. The molecule has 0 aromatic carbocycles. The summed E-state index contributed by atoms with van der Waals surface area (Å²) in [6.45, 7) is 3.75. The zero-order valence-corrected chi connectivity index (χ0v) is 10.6. The number of carbonyl (C=O) groups is 1. The third-order valence-electron chi connectivity index (χ3n) is 2.62. The molecule has 0 saturated heterocycles. The summed E-state index contributed by atoms with van der Waals surface area (Å²) >= 11 is 0. The first-order valence-corrected chi connectivity index (χ1v) is 5.68. The number of nitrogens with zero attached hydrogens (tertiary/aromatic N) is 2. The van der Waals surface area contributed by atoms with Crippen molar-refractivity contribution in [2.24, 2.45) is 0 Å². The van der Waals surface area contributed by atoms with Crippen LogP contribution in [0.15, 0.2) is 24.3 Å². The number of anilines is 3. The topological polar surface area (TPSA) is 101 Å². The molecule has 0 unspecified atom stereocenters. The van der Waals surface area contributed by atoms with Gasteiger partial charge in [0, 0.05) is 5.69 Å². The van der Waals surface area contributed by atoms with E-state index in [1.54, 1.807) is 0 Å². The molecule has 19 heavy (non-hydrogen) atoms. The largest absolute Gasteiger partial charge is 0.477 e. The van der Waals surface area contributed by atoms with Crippen molar-refractivity contribution in [3.63, 3.8) is 0 Å². The molecule has 0 aliphatic carbocycles. The first kappa shape index (κ1) is 12.8. The van der Waals surface area contributed by atoms with E-state index in [0.717, 1.165) is 17.1 Å². The Morgan fingerprint density at radius 1 is 1.21 bits per heavy atom. The van der Waals surface area contributed by atoms with E-state index >= 15 is 0 Å². The maximum absolute atomic E-state index is 10.9. The van der Waals surface area contributed by atoms with Gasteiger partial charge in [0.05, 0.1) is 17.1 Å². The van der Waals surface area contributed by atoms with Gasteiger partial charge in [0.25, 0.3) is 0 Å². The van der Waals surface area contributed by atoms with Gasteiger partial charge in [0.15, 0.2) is 11.5 Å². The van der Waals surface area contributed by atoms with Crippen molar-refractivity contribution in [2.75, 3.05) is 11.1 Å². The van der Waals surface area contributed by atoms with Gasteiger partial charge in [0.1, 0.15) is 0 Å². The molecule has 6 heteroatoms. The molecule has 2 heterocycles. The van der Waals surface area contributed by atoms with Gasteiger partial charge in [-0.2, -0.15) is 0 Å². The lowest BCUT2D eigenvalue weighted by atomic mass is 10.2. The lowest BCUT2D eigenvalue weighted by Gasteiger charge is -2.11. The summed E-state index contributed by atoms with van der Waals surface area (Å²) in [5.41, 5.74) is 8.54. The number of nitrogen functional groups attached to an aromatic ring is 1. The Morgan fingerprint density at radius 2 is 1.95 bits per heavy atom. The fraction of sp³-hybridized carbons (Fsp3) is 0.154. The Kier molecular flexibility index (Phi) is 3.33. The van der Waals surface area contributed by atoms with E-state index in [9.17, 15) is 4.79 Å². The molecular weight excluding hydrogens is 244 g/mol. The number of aromatic carboxylic acids is 1. The smallest absolute Gasteiger partial charge is 0.354 e. The first-order chi connectivity index (χ1) is 8.97. The Bertz CT molecular complexity index is 641. The fourth-order valence-electron chi connectivity index (χ4n) is 1.64. The Labute approximate surface area is 110 Å². The highest BCUT2D eigenvalue weighted by Crippen LogP contribution is 2.23. The molecule has 2 aromatic rings. The molecular formula is C13H14N4O2. The predicted octanol–water partition coefficient (Wildman–Crippen LogP) is 2.12. The van der Waals surface area contributed by atoms with Crippen molar-refractivity contribution >= 4 is 23.2 Å². The summed E-state index contributed by atoms with van der Waals surface area (Å²) in [7, 11) is 0. The van der Waals surface area contributed by atoms with E-state index in [4.69, 9.17) is 10.8 Å². The van der Waals surface area contributed by atoms with E-state index in [0.29, 0.717) is 11.5 Å². The zero-order chi connectivity index (χ0) is 14.0. The molecule has 0 amide bonds. The van der Waals surface area contributed by atoms with Gasteiger partial charge in [-0.15, -0.1) is 0 Å². The van der Waals surface area contributed by atoms with Crippen molar-refractivity contribution in [3.05, 3.63) is 41.3 Å². The molecule has 0 saturated carbocycles. The number of hydrogen-bond donors (Lipinski definition) is 3. The molecule has 0 aliphatic rings. The number of nitrogens with one attached hydrogen (secondary N) is 1. The average Bonchev–Trinajstić information content (AvgIpc) is 2.34. The summed E-state index contributed by atoms with van der Waals surface area (Å²) in [4.78, 5) is 19.2. The highest BCUT2D eigenvalue weighted by atomic mass is 16.4. The second-order valence-corrected chi connectivity index (χ2v) is 4.15. The molecule has 0 radical (unpaired) electrons. The lowest BCUT2D eigenvalue weighted by Crippen LogP contribution is -2.06. The standard InChI is InChI=1S/C13H14N4O2/c1-7-3-5-10(8(2)15-7)16-12-9(14)4-6-11(17-12)13(18)19/h3-6H,14H2,1-2H3,(H,16,17)(H,18,19). The number of hydrogen-bond acceptors (Lipinski definition) is 5. The minimum absolute atomic E-state index is 0.0607. The second kappa shape index (κ2) is 4.93. The average molecular weight is 258 g/mol. The van der Waals surface area contributed by atoms with Gasteiger partial charge in [-0.25, -0.2) is 9.78 Å². The van der Waals surface area contributed by atoms with Crippen molar-refractivity contribution in [1.82, 2.24) is 9.97 Å². The van der Waals surface area contributed by atoms with Crippen LogP contribution in [-0.2, 0) is 0 Å². The number of carboxylic acid groups (broad SMARTS) is 1. The SMILES string of the molecule is Cc1ccc(Nc2nc(C(=O)O)ccc2N)c(C)n1. The third-order valence-corrected chi connectivity index (χ3v) is 2.62. The summed E-state index contributed by atoms with van der Waals surface area (Å²) in [6, 6.07) is 6.58. The highest BCUT2D eigenvalue weighted by molar-refractivity contribution is 5.87. The van der Waals surface area contributed by atoms with Crippen molar-refractivity contribution in [2.45, 2.75) is 13.8 Å². The fourth-order valence-corrected chi connectivity index (χ4v) is 1.64. The van der Waals surface area contributed by atoms with E-state index in [1.807, 2.05) is 26.0 Å². The maximum Gasteiger partial charge on any atom is 0.354 e. The summed E-state index contributed by atoms with van der Waals surface area (Å²) in [6.07, 6.45) is 0. The zero-order valence-electron chi connectivity index (χ0n) is 10.6. The van der Waals surface area contributed by atoms with E-state index in [2.05, 4.69) is 15.3 Å². The van der Waals surface area contributed by atoms with Crippen LogP contribution in [0, 0.1) is 13.8 Å². The molecule has 4 N–H and O–H groups in total. The molecule has 0 fully saturated rings. The summed E-state index contributed by atoms with van der Waals surface area (Å²) in [5, 5.41) is 11.9. The van der Waals surface area contributed by atoms with Crippen LogP contribution < -0.4 is 11.1 Å². The molecule has 0 atom stereocenters. The number of rotatable bonds is 3. The maximum atomic E-state index is 10.9. The molecule has 2 aromatic heterocycles. The van der Waals surface area contributed by atoms with Gasteiger partial charge in [-0.3, -0.25) is 4.98 Å². The first-order valence-electron chi connectivity index (χ1n) is 5.68. The Balaban J connectivity index is 2.37. The highest BCUT2D eigenvalue weighted by Gasteiger charge is 2.10. The molecule has 6 nitrogen and oxygen atoms in total. The van der Waals surface area contributed by atoms with Crippen molar-refractivity contribution in [1.29, 1.82) is 0 Å². The predicted molar refractivity (Wildman–Crippen MR) is 72.6 cm³/mol. The van der Waals surface area contributed by atoms with Crippen LogP contribution in [0.25, 0.3) is 0 Å². The van der Waals surface area contributed by atoms with Gasteiger partial charge in [0.2, 0.25) is 0 Å². The van der Waals surface area contributed by atoms with Gasteiger partial charge in [-0.1, -0.05) is 0 Å². The van der Waals surface area contributed by atoms with Crippen LogP contribution in [0.4, 0.5) is 17.2 Å². The Hall–Kier alpha value is -2.63. The lowest BCUT2D eigenvalue weighted by molar-refractivity contribution is 0.0690. The van der Waals surface area contributed by atoms with Crippen LogP contribution in [0.1, 0.15) is 21.9 Å². The number of nitrogens with two attached hydrogens (primary N) is 1. The van der Waals surface area contributed by atoms with Gasteiger partial charge in [-0.05, 0) is 38.1 Å². The number of carboxylic acids is 1. The summed E-state index contributed by atoms with van der Waals surface area (Å²) in [5.74, 6) is -0.782. The van der Waals surface area contributed by atoms with Gasteiger partial charge < -0.3 is 16.2 Å². The van der Waals surface area contributed by atoms with E-state index < -0.39 is 5.97 Å². The molecule has 0 bridgehead atoms. The molecule has 98 valence electrons. The monoisotopic (exact) mass is 258 g/mol. The number of aromatic nitrogens is 2. The van der Waals surface area contributed by atoms with Crippen LogP contribution in [-0.4, -0.2) is 21.0 Å². The quantitative estimate of drug-likeness (QED) is 0.779. The van der Waals surface area contributed by atoms with Crippen LogP contribution in [0.2, 0.25) is 0 Å². The molecule has 2 rings (SSSR count). The van der Waals surface area contributed by atoms with E-state index in [-0.39, 0.29) is 5.69 Å². The van der Waals surface area contributed by atoms with Crippen molar-refractivity contribution < 1.29 is 9.90 Å². The number of pyridine rings is 2. The van der Waals surface area contributed by atoms with E-state index in [1.165, 1.54) is 12.1 Å². The minimum atomic E-state index is -1.10. The second-order valence-electron chi connectivity index (χ2n) is 4.15. The Morgan fingerprint density at radius 3 is 2.58 bits per heavy atom. The minimum Gasteiger partial charge on any atom is -0.477 e. The third kappa shape index (κ3) is 2.79. The van der Waals surface area contributed by atoms with Crippen LogP contribution >= 0.6 is 0 Å². The number of aryl methyl sites for hydroxylation is 2. The van der Waals surface area contributed by atoms with Crippen molar-refractivity contribution in [3.8, 4) is 0 Å². The van der Waals surface area contributed by atoms with Crippen LogP contribution in [0.5, 0.6) is 0 Å². The normalized spacial score (nSPS) is 10.2. The van der Waals surface area contributed by atoms with Gasteiger partial charge >= 0.3 is 5.97 Å². The summed E-state index contributed by atoms with van der Waals surface area (Å²) < 4.78 is 0.